The van der Waals surface area contributed by atoms with Gasteiger partial charge in [-0.05, 0) is 37.8 Å². The quantitative estimate of drug-likeness (QED) is 0.703. The molecule has 1 unspecified atom stereocenters. The zero-order valence-electron chi connectivity index (χ0n) is 11.6. The summed E-state index contributed by atoms with van der Waals surface area (Å²) < 4.78 is 5.44. The maximum atomic E-state index is 5.44. The standard InChI is InChI=1S/C16H25NO/c1-3-15(17-12-6-7-13-10-11-13)14-8-4-5-9-16(14)18-2/h4-5,8-9,13,15,17H,3,6-7,10-12H2,1-2H3. The van der Waals surface area contributed by atoms with Crippen LogP contribution in [0.25, 0.3) is 0 Å². The minimum atomic E-state index is 0.417. The van der Waals surface area contributed by atoms with Crippen LogP contribution in [0.5, 0.6) is 5.75 Å². The molecule has 1 aliphatic carbocycles. The summed E-state index contributed by atoms with van der Waals surface area (Å²) in [5.41, 5.74) is 1.29. The maximum Gasteiger partial charge on any atom is 0.123 e. The Morgan fingerprint density at radius 3 is 2.78 bits per heavy atom. The summed E-state index contributed by atoms with van der Waals surface area (Å²) in [6.07, 6.45) is 6.73. The third kappa shape index (κ3) is 3.74. The molecule has 2 heteroatoms. The molecule has 0 aromatic heterocycles. The van der Waals surface area contributed by atoms with Gasteiger partial charge in [0.25, 0.3) is 0 Å². The van der Waals surface area contributed by atoms with Gasteiger partial charge >= 0.3 is 0 Å². The normalized spacial score (nSPS) is 16.6. The molecule has 18 heavy (non-hydrogen) atoms. The first-order chi connectivity index (χ1) is 8.85. The molecule has 2 rings (SSSR count). The molecule has 0 heterocycles. The molecule has 0 amide bonds. The van der Waals surface area contributed by atoms with E-state index >= 15 is 0 Å². The summed E-state index contributed by atoms with van der Waals surface area (Å²) >= 11 is 0. The van der Waals surface area contributed by atoms with E-state index in [1.165, 1.54) is 31.2 Å². The van der Waals surface area contributed by atoms with Crippen molar-refractivity contribution >= 4 is 0 Å². The SMILES string of the molecule is CCC(NCCCC1CC1)c1ccccc1OC. The van der Waals surface area contributed by atoms with Crippen molar-refractivity contribution in [2.45, 2.75) is 45.1 Å². The number of rotatable bonds is 8. The summed E-state index contributed by atoms with van der Waals surface area (Å²) in [7, 11) is 1.75. The van der Waals surface area contributed by atoms with E-state index in [1.807, 2.05) is 12.1 Å². The minimum absolute atomic E-state index is 0.417. The van der Waals surface area contributed by atoms with E-state index in [1.54, 1.807) is 7.11 Å². The summed E-state index contributed by atoms with van der Waals surface area (Å²) in [6.45, 7) is 3.35. The van der Waals surface area contributed by atoms with Gasteiger partial charge in [0.2, 0.25) is 0 Å². The van der Waals surface area contributed by atoms with Gasteiger partial charge in [-0.3, -0.25) is 0 Å². The Morgan fingerprint density at radius 2 is 2.11 bits per heavy atom. The number of benzene rings is 1. The number of ether oxygens (including phenoxy) is 1. The predicted octanol–water partition coefficient (Wildman–Crippen LogP) is 3.93. The lowest BCUT2D eigenvalue weighted by molar-refractivity contribution is 0.395. The smallest absolute Gasteiger partial charge is 0.123 e. The van der Waals surface area contributed by atoms with Crippen molar-refractivity contribution in [3.63, 3.8) is 0 Å². The largest absolute Gasteiger partial charge is 0.496 e. The Hall–Kier alpha value is -1.02. The number of para-hydroxylation sites is 1. The number of nitrogens with one attached hydrogen (secondary N) is 1. The summed E-state index contributed by atoms with van der Waals surface area (Å²) in [4.78, 5) is 0. The third-order valence-electron chi connectivity index (χ3n) is 3.80. The molecule has 0 bridgehead atoms. The second-order valence-electron chi connectivity index (χ2n) is 5.24. The lowest BCUT2D eigenvalue weighted by atomic mass is 10.0. The highest BCUT2D eigenvalue weighted by molar-refractivity contribution is 5.35. The van der Waals surface area contributed by atoms with Crippen molar-refractivity contribution in [1.29, 1.82) is 0 Å². The van der Waals surface area contributed by atoms with Gasteiger partial charge in [-0.15, -0.1) is 0 Å². The highest BCUT2D eigenvalue weighted by Crippen LogP contribution is 2.33. The number of hydrogen-bond acceptors (Lipinski definition) is 2. The molecule has 1 atom stereocenters. The van der Waals surface area contributed by atoms with E-state index in [9.17, 15) is 0 Å². The molecular formula is C16H25NO. The molecule has 1 aromatic rings. The third-order valence-corrected chi connectivity index (χ3v) is 3.80. The van der Waals surface area contributed by atoms with Crippen molar-refractivity contribution < 1.29 is 4.74 Å². The van der Waals surface area contributed by atoms with E-state index in [0.29, 0.717) is 6.04 Å². The average molecular weight is 247 g/mol. The fraction of sp³-hybridized carbons (Fsp3) is 0.625. The lowest BCUT2D eigenvalue weighted by Gasteiger charge is -2.20. The molecule has 0 spiro atoms. The topological polar surface area (TPSA) is 21.3 Å². The van der Waals surface area contributed by atoms with E-state index in [-0.39, 0.29) is 0 Å². The first-order valence-corrected chi connectivity index (χ1v) is 7.21. The van der Waals surface area contributed by atoms with E-state index in [0.717, 1.165) is 24.6 Å². The summed E-state index contributed by atoms with van der Waals surface area (Å²) in [5, 5.41) is 3.66. The Bertz CT molecular complexity index is 360. The summed E-state index contributed by atoms with van der Waals surface area (Å²) in [6, 6.07) is 8.75. The highest BCUT2D eigenvalue weighted by atomic mass is 16.5. The molecule has 1 fully saturated rings. The Morgan fingerprint density at radius 1 is 1.33 bits per heavy atom. The molecule has 1 aromatic carbocycles. The van der Waals surface area contributed by atoms with Crippen molar-refractivity contribution in [2.24, 2.45) is 5.92 Å². The average Bonchev–Trinajstić information content (AvgIpc) is 3.23. The van der Waals surface area contributed by atoms with Gasteiger partial charge in [0.15, 0.2) is 0 Å². The Kier molecular flexibility index (Phi) is 5.06. The second kappa shape index (κ2) is 6.79. The molecule has 0 aliphatic heterocycles. The first-order valence-electron chi connectivity index (χ1n) is 7.21. The van der Waals surface area contributed by atoms with Gasteiger partial charge in [0, 0.05) is 11.6 Å². The molecule has 2 nitrogen and oxygen atoms in total. The van der Waals surface area contributed by atoms with Crippen molar-refractivity contribution in [3.8, 4) is 5.75 Å². The molecule has 1 aliphatic rings. The molecule has 0 radical (unpaired) electrons. The van der Waals surface area contributed by atoms with Crippen molar-refractivity contribution in [1.82, 2.24) is 5.32 Å². The summed E-state index contributed by atoms with van der Waals surface area (Å²) in [5.74, 6) is 2.04. The van der Waals surface area contributed by atoms with Gasteiger partial charge in [-0.2, -0.15) is 0 Å². The molecule has 1 N–H and O–H groups in total. The van der Waals surface area contributed by atoms with Crippen molar-refractivity contribution in [2.75, 3.05) is 13.7 Å². The zero-order valence-corrected chi connectivity index (χ0v) is 11.6. The molecule has 100 valence electrons. The second-order valence-corrected chi connectivity index (χ2v) is 5.24. The fourth-order valence-electron chi connectivity index (χ4n) is 2.50. The Labute approximate surface area is 111 Å². The lowest BCUT2D eigenvalue weighted by Crippen LogP contribution is -2.22. The van der Waals surface area contributed by atoms with Gasteiger partial charge < -0.3 is 10.1 Å². The van der Waals surface area contributed by atoms with Crippen LogP contribution in [0, 0.1) is 5.92 Å². The van der Waals surface area contributed by atoms with Crippen LogP contribution >= 0.6 is 0 Å². The predicted molar refractivity (Wildman–Crippen MR) is 76.0 cm³/mol. The highest BCUT2D eigenvalue weighted by Gasteiger charge is 2.20. The molecule has 0 saturated heterocycles. The van der Waals surface area contributed by atoms with Crippen molar-refractivity contribution in [3.05, 3.63) is 29.8 Å². The maximum absolute atomic E-state index is 5.44. The van der Waals surface area contributed by atoms with Crippen LogP contribution in [0.3, 0.4) is 0 Å². The van der Waals surface area contributed by atoms with Gasteiger partial charge in [0.05, 0.1) is 7.11 Å². The number of hydrogen-bond donors (Lipinski definition) is 1. The zero-order chi connectivity index (χ0) is 12.8. The number of methoxy groups -OCH3 is 1. The van der Waals surface area contributed by atoms with Crippen LogP contribution in [-0.4, -0.2) is 13.7 Å². The van der Waals surface area contributed by atoms with Crippen LogP contribution in [0.2, 0.25) is 0 Å². The minimum Gasteiger partial charge on any atom is -0.496 e. The van der Waals surface area contributed by atoms with Gasteiger partial charge in [-0.25, -0.2) is 0 Å². The first kappa shape index (κ1) is 13.4. The Balaban J connectivity index is 1.85. The van der Waals surface area contributed by atoms with Crippen LogP contribution in [0.1, 0.15) is 50.6 Å². The van der Waals surface area contributed by atoms with Crippen LogP contribution in [0.4, 0.5) is 0 Å². The van der Waals surface area contributed by atoms with Gasteiger partial charge in [-0.1, -0.05) is 38.0 Å². The van der Waals surface area contributed by atoms with E-state index < -0.39 is 0 Å². The van der Waals surface area contributed by atoms with Crippen LogP contribution < -0.4 is 10.1 Å². The van der Waals surface area contributed by atoms with Crippen LogP contribution in [-0.2, 0) is 0 Å². The monoisotopic (exact) mass is 247 g/mol. The fourth-order valence-corrected chi connectivity index (χ4v) is 2.50. The molecular weight excluding hydrogens is 222 g/mol. The van der Waals surface area contributed by atoms with Gasteiger partial charge in [0.1, 0.15) is 5.75 Å². The van der Waals surface area contributed by atoms with E-state index in [2.05, 4.69) is 24.4 Å². The van der Waals surface area contributed by atoms with Crippen LogP contribution in [0.15, 0.2) is 24.3 Å². The molecule has 1 saturated carbocycles. The van der Waals surface area contributed by atoms with E-state index in [4.69, 9.17) is 4.74 Å².